The van der Waals surface area contributed by atoms with E-state index in [1.165, 1.54) is 18.2 Å². The van der Waals surface area contributed by atoms with Gasteiger partial charge in [-0.25, -0.2) is 9.51 Å². The van der Waals surface area contributed by atoms with Gasteiger partial charge < -0.3 is 0 Å². The summed E-state index contributed by atoms with van der Waals surface area (Å²) >= 11 is 0. The highest BCUT2D eigenvalue weighted by molar-refractivity contribution is 5.69. The molecule has 1 aliphatic rings. The summed E-state index contributed by atoms with van der Waals surface area (Å²) in [6.45, 7) is 0.235. The lowest BCUT2D eigenvalue weighted by Gasteiger charge is -2.18. The Bertz CT molecular complexity index is 333. The van der Waals surface area contributed by atoms with Crippen molar-refractivity contribution >= 4 is 11.8 Å². The van der Waals surface area contributed by atoms with E-state index in [2.05, 4.69) is 0 Å². The van der Waals surface area contributed by atoms with Crippen LogP contribution in [0.5, 0.6) is 0 Å². The number of hydrogen-bond donors (Lipinski definition) is 0. The van der Waals surface area contributed by atoms with Crippen molar-refractivity contribution in [1.29, 1.82) is 0 Å². The van der Waals surface area contributed by atoms with E-state index in [9.17, 15) is 8.87 Å². The minimum Gasteiger partial charge on any atom is -0.207 e. The first kappa shape index (κ1) is 7.28. The van der Waals surface area contributed by atoms with Gasteiger partial charge in [-0.05, 0) is 18.2 Å². The molecule has 1 nitrogen and oxygen atoms in total. The largest absolute Gasteiger partial charge is 0.207 e. The summed E-state index contributed by atoms with van der Waals surface area (Å²) in [5.41, 5.74) is 1.02. The summed E-state index contributed by atoms with van der Waals surface area (Å²) in [5.74, 6) is -0.339. The quantitative estimate of drug-likeness (QED) is 0.537. The Morgan fingerprint density at radius 3 is 3.00 bits per heavy atom. The predicted octanol–water partition coefficient (Wildman–Crippen LogP) is 2.54. The number of nitrogens with zero attached hydrogens (tertiary/aromatic N) is 1. The van der Waals surface area contributed by atoms with Gasteiger partial charge >= 0.3 is 0 Å². The fourth-order valence-electron chi connectivity index (χ4n) is 1.25. The van der Waals surface area contributed by atoms with Crippen LogP contribution in [-0.2, 0) is 0 Å². The molecule has 3 heteroatoms. The van der Waals surface area contributed by atoms with Gasteiger partial charge in [-0.1, -0.05) is 16.6 Å². The van der Waals surface area contributed by atoms with Crippen LogP contribution in [0.1, 0.15) is 5.56 Å². The zero-order chi connectivity index (χ0) is 8.55. The maximum absolute atomic E-state index is 13.0. The minimum absolute atomic E-state index is 0.235. The molecule has 0 aromatic heterocycles. The van der Waals surface area contributed by atoms with Gasteiger partial charge in [0, 0.05) is 5.56 Å². The number of benzene rings is 1. The molecule has 0 bridgehead atoms. The molecule has 2 rings (SSSR count). The first-order valence-electron chi connectivity index (χ1n) is 3.67. The highest BCUT2D eigenvalue weighted by Gasteiger charge is 2.11. The van der Waals surface area contributed by atoms with E-state index in [-0.39, 0.29) is 12.4 Å². The topological polar surface area (TPSA) is 3.24 Å². The molecular weight excluding hydrogens is 160 g/mol. The molecule has 0 fully saturated rings. The van der Waals surface area contributed by atoms with E-state index in [0.717, 1.165) is 0 Å². The molecule has 62 valence electrons. The highest BCUT2D eigenvalue weighted by Crippen LogP contribution is 2.26. The molecule has 1 heterocycles. The van der Waals surface area contributed by atoms with E-state index in [4.69, 9.17) is 0 Å². The SMILES string of the molecule is Fc1ccc2c(c1)C=CCN2F. The molecular formula is C9H7F2N. The molecule has 1 aliphatic heterocycles. The Kier molecular flexibility index (Phi) is 1.57. The summed E-state index contributed by atoms with van der Waals surface area (Å²) in [6, 6.07) is 4.01. The number of hydrogen-bond acceptors (Lipinski definition) is 1. The van der Waals surface area contributed by atoms with Gasteiger partial charge in [-0.2, -0.15) is 0 Å². The Balaban J connectivity index is 2.55. The zero-order valence-electron chi connectivity index (χ0n) is 6.30. The van der Waals surface area contributed by atoms with Crippen LogP contribution in [-0.4, -0.2) is 6.54 Å². The summed E-state index contributed by atoms with van der Waals surface area (Å²) in [7, 11) is 0. The van der Waals surface area contributed by atoms with Gasteiger partial charge in [-0.15, -0.1) is 0 Å². The zero-order valence-corrected chi connectivity index (χ0v) is 6.30. The molecule has 0 amide bonds. The molecule has 0 atom stereocenters. The second-order valence-corrected chi connectivity index (χ2v) is 2.65. The van der Waals surface area contributed by atoms with Crippen LogP contribution in [0, 0.1) is 5.82 Å². The normalized spacial score (nSPS) is 14.7. The Morgan fingerprint density at radius 1 is 1.33 bits per heavy atom. The molecule has 0 aliphatic carbocycles. The molecule has 0 radical (unpaired) electrons. The number of anilines is 1. The van der Waals surface area contributed by atoms with E-state index >= 15 is 0 Å². The average molecular weight is 167 g/mol. The van der Waals surface area contributed by atoms with E-state index in [1.807, 2.05) is 0 Å². The van der Waals surface area contributed by atoms with Crippen molar-refractivity contribution in [1.82, 2.24) is 0 Å². The molecule has 0 spiro atoms. The van der Waals surface area contributed by atoms with E-state index < -0.39 is 0 Å². The fraction of sp³-hybridized carbons (Fsp3) is 0.111. The number of rotatable bonds is 0. The lowest BCUT2D eigenvalue weighted by atomic mass is 10.1. The van der Waals surface area contributed by atoms with Gasteiger partial charge in [-0.3, -0.25) is 0 Å². The fourth-order valence-corrected chi connectivity index (χ4v) is 1.25. The minimum atomic E-state index is -0.339. The van der Waals surface area contributed by atoms with Crippen molar-refractivity contribution in [3.63, 3.8) is 0 Å². The van der Waals surface area contributed by atoms with Gasteiger partial charge in [0.05, 0.1) is 12.2 Å². The second kappa shape index (κ2) is 2.59. The van der Waals surface area contributed by atoms with Crippen LogP contribution < -0.4 is 5.12 Å². The van der Waals surface area contributed by atoms with Crippen molar-refractivity contribution < 1.29 is 8.87 Å². The van der Waals surface area contributed by atoms with Crippen LogP contribution in [0.15, 0.2) is 24.3 Å². The predicted molar refractivity (Wildman–Crippen MR) is 43.9 cm³/mol. The van der Waals surface area contributed by atoms with Crippen LogP contribution >= 0.6 is 0 Å². The van der Waals surface area contributed by atoms with Crippen molar-refractivity contribution in [3.05, 3.63) is 35.7 Å². The third-order valence-electron chi connectivity index (χ3n) is 1.81. The van der Waals surface area contributed by atoms with Gasteiger partial charge in [0.15, 0.2) is 0 Å². The van der Waals surface area contributed by atoms with Crippen molar-refractivity contribution in [3.8, 4) is 0 Å². The maximum Gasteiger partial charge on any atom is 0.123 e. The van der Waals surface area contributed by atoms with Gasteiger partial charge in [0.2, 0.25) is 0 Å². The van der Waals surface area contributed by atoms with Crippen LogP contribution in [0.25, 0.3) is 6.08 Å². The molecule has 1 aromatic rings. The number of fused-ring (bicyclic) bond motifs is 1. The molecule has 12 heavy (non-hydrogen) atoms. The molecule has 0 saturated heterocycles. The van der Waals surface area contributed by atoms with Crippen LogP contribution in [0.3, 0.4) is 0 Å². The number of halogens is 2. The van der Waals surface area contributed by atoms with Gasteiger partial charge in [0.25, 0.3) is 0 Å². The summed E-state index contributed by atoms with van der Waals surface area (Å²) in [5, 5.41) is 0.592. The van der Waals surface area contributed by atoms with Crippen molar-refractivity contribution in [2.45, 2.75) is 0 Å². The van der Waals surface area contributed by atoms with Gasteiger partial charge in [0.1, 0.15) is 5.82 Å². The third kappa shape index (κ3) is 1.07. The summed E-state index contributed by atoms with van der Waals surface area (Å²) < 4.78 is 25.6. The Hall–Kier alpha value is -1.38. The third-order valence-corrected chi connectivity index (χ3v) is 1.81. The first-order valence-corrected chi connectivity index (χ1v) is 3.67. The summed E-state index contributed by atoms with van der Waals surface area (Å²) in [6.07, 6.45) is 3.37. The van der Waals surface area contributed by atoms with E-state index in [0.29, 0.717) is 16.4 Å². The first-order chi connectivity index (χ1) is 5.77. The van der Waals surface area contributed by atoms with Crippen LogP contribution in [0.2, 0.25) is 0 Å². The highest BCUT2D eigenvalue weighted by atomic mass is 19.2. The Labute approximate surface area is 68.9 Å². The molecule has 0 unspecified atom stereocenters. The maximum atomic E-state index is 13.0. The smallest absolute Gasteiger partial charge is 0.123 e. The molecule has 0 N–H and O–H groups in total. The van der Waals surface area contributed by atoms with E-state index in [1.54, 1.807) is 12.2 Å². The average Bonchev–Trinajstić information content (AvgIpc) is 2.04. The Morgan fingerprint density at radius 2 is 2.17 bits per heavy atom. The molecule has 0 saturated carbocycles. The second-order valence-electron chi connectivity index (χ2n) is 2.65. The monoisotopic (exact) mass is 167 g/mol. The lowest BCUT2D eigenvalue weighted by Crippen LogP contribution is -2.15. The lowest BCUT2D eigenvalue weighted by molar-refractivity contribution is 0.453. The van der Waals surface area contributed by atoms with Crippen molar-refractivity contribution in [2.24, 2.45) is 0 Å². The molecule has 1 aromatic carbocycles. The van der Waals surface area contributed by atoms with Crippen LogP contribution in [0.4, 0.5) is 14.6 Å². The standard InChI is InChI=1S/C9H7F2N/c10-8-3-4-9-7(6-8)2-1-5-12(9)11/h1-4,6H,5H2. The summed E-state index contributed by atoms with van der Waals surface area (Å²) in [4.78, 5) is 0. The van der Waals surface area contributed by atoms with Crippen molar-refractivity contribution in [2.75, 3.05) is 11.7 Å².